The summed E-state index contributed by atoms with van der Waals surface area (Å²) < 4.78 is 0. The van der Waals surface area contributed by atoms with Crippen molar-refractivity contribution in [2.75, 3.05) is 31.1 Å². The van der Waals surface area contributed by atoms with Crippen LogP contribution in [0, 0.1) is 18.3 Å². The summed E-state index contributed by atoms with van der Waals surface area (Å²) in [7, 11) is 0. The molecule has 24 heavy (non-hydrogen) atoms. The lowest BCUT2D eigenvalue weighted by Crippen LogP contribution is -2.48. The number of amides is 1. The van der Waals surface area contributed by atoms with E-state index in [1.54, 1.807) is 0 Å². The van der Waals surface area contributed by atoms with Crippen LogP contribution in [0.4, 0.5) is 5.69 Å². The maximum Gasteiger partial charge on any atom is 0.253 e. The molecule has 0 radical (unpaired) electrons. The molecule has 0 bridgehead atoms. The lowest BCUT2D eigenvalue weighted by Gasteiger charge is -2.36. The van der Waals surface area contributed by atoms with E-state index in [0.29, 0.717) is 12.0 Å². The van der Waals surface area contributed by atoms with Gasteiger partial charge >= 0.3 is 0 Å². The molecule has 0 atom stereocenters. The Bertz CT molecular complexity index is 770. The molecule has 1 heterocycles. The number of rotatable bonds is 3. The summed E-state index contributed by atoms with van der Waals surface area (Å²) in [6.45, 7) is 5.21. The Morgan fingerprint density at radius 1 is 1.08 bits per heavy atom. The summed E-state index contributed by atoms with van der Waals surface area (Å²) in [4.78, 5) is 16.9. The van der Waals surface area contributed by atoms with E-state index in [1.165, 1.54) is 11.3 Å². The van der Waals surface area contributed by atoms with Gasteiger partial charge in [-0.1, -0.05) is 24.3 Å². The minimum atomic E-state index is 0.0543. The molecule has 2 aromatic rings. The standard InChI is InChI=1S/C20H21N3O/c1-16-4-2-7-19(14-16)22-10-12-23(13-11-22)20(24)18-6-3-5-17(15-18)8-9-21/h2-7,14-15H,8,10-13H2,1H3. The van der Waals surface area contributed by atoms with Crippen LogP contribution in [0.25, 0.3) is 0 Å². The van der Waals surface area contributed by atoms with Gasteiger partial charge < -0.3 is 9.80 Å². The first kappa shape index (κ1) is 16.1. The van der Waals surface area contributed by atoms with Gasteiger partial charge in [0, 0.05) is 37.4 Å². The van der Waals surface area contributed by atoms with E-state index in [1.807, 2.05) is 29.2 Å². The van der Waals surface area contributed by atoms with Gasteiger partial charge in [0.15, 0.2) is 0 Å². The Labute approximate surface area is 142 Å². The number of piperazine rings is 1. The van der Waals surface area contributed by atoms with Crippen molar-refractivity contribution in [3.8, 4) is 6.07 Å². The summed E-state index contributed by atoms with van der Waals surface area (Å²) in [5.74, 6) is 0.0543. The highest BCUT2D eigenvalue weighted by Gasteiger charge is 2.22. The van der Waals surface area contributed by atoms with Crippen molar-refractivity contribution in [1.82, 2.24) is 4.90 Å². The summed E-state index contributed by atoms with van der Waals surface area (Å²) in [5, 5.41) is 8.80. The molecule has 1 aliphatic rings. The van der Waals surface area contributed by atoms with Crippen molar-refractivity contribution in [3.05, 3.63) is 65.2 Å². The highest BCUT2D eigenvalue weighted by molar-refractivity contribution is 5.94. The van der Waals surface area contributed by atoms with E-state index in [9.17, 15) is 4.79 Å². The average molecular weight is 319 g/mol. The predicted octanol–water partition coefficient (Wildman–Crippen LogP) is 3.02. The third-order valence-electron chi connectivity index (χ3n) is 4.39. The number of carbonyl (C=O) groups excluding carboxylic acids is 1. The lowest BCUT2D eigenvalue weighted by molar-refractivity contribution is 0.0746. The molecule has 0 aromatic heterocycles. The van der Waals surface area contributed by atoms with Gasteiger partial charge in [-0.2, -0.15) is 5.26 Å². The van der Waals surface area contributed by atoms with E-state index in [0.717, 1.165) is 31.7 Å². The van der Waals surface area contributed by atoms with Gasteiger partial charge in [-0.15, -0.1) is 0 Å². The topological polar surface area (TPSA) is 47.3 Å². The number of benzene rings is 2. The van der Waals surface area contributed by atoms with E-state index < -0.39 is 0 Å². The smallest absolute Gasteiger partial charge is 0.253 e. The maximum atomic E-state index is 12.7. The predicted molar refractivity (Wildman–Crippen MR) is 95.1 cm³/mol. The summed E-state index contributed by atoms with van der Waals surface area (Å²) in [6.07, 6.45) is 0.336. The SMILES string of the molecule is Cc1cccc(N2CCN(C(=O)c3cccc(CC#N)c3)CC2)c1. The Morgan fingerprint density at radius 3 is 2.54 bits per heavy atom. The minimum Gasteiger partial charge on any atom is -0.368 e. The second-order valence-electron chi connectivity index (χ2n) is 6.15. The van der Waals surface area contributed by atoms with Gasteiger partial charge in [-0.05, 0) is 42.3 Å². The molecule has 1 saturated heterocycles. The molecule has 0 unspecified atom stereocenters. The Hall–Kier alpha value is -2.80. The first-order valence-electron chi connectivity index (χ1n) is 8.24. The van der Waals surface area contributed by atoms with Crippen molar-refractivity contribution < 1.29 is 4.79 Å². The van der Waals surface area contributed by atoms with Crippen LogP contribution in [0.3, 0.4) is 0 Å². The molecule has 122 valence electrons. The molecule has 0 spiro atoms. The number of nitriles is 1. The van der Waals surface area contributed by atoms with Gasteiger partial charge in [0.05, 0.1) is 12.5 Å². The number of nitrogens with zero attached hydrogens (tertiary/aromatic N) is 3. The quantitative estimate of drug-likeness (QED) is 0.873. The largest absolute Gasteiger partial charge is 0.368 e. The molecule has 3 rings (SSSR count). The summed E-state index contributed by atoms with van der Waals surface area (Å²) in [6, 6.07) is 18.0. The molecule has 4 heteroatoms. The van der Waals surface area contributed by atoms with E-state index in [-0.39, 0.29) is 5.91 Å². The molecule has 4 nitrogen and oxygen atoms in total. The lowest BCUT2D eigenvalue weighted by atomic mass is 10.1. The molecule has 0 N–H and O–H groups in total. The third kappa shape index (κ3) is 3.57. The molecule has 2 aromatic carbocycles. The maximum absolute atomic E-state index is 12.7. The summed E-state index contributed by atoms with van der Waals surface area (Å²) >= 11 is 0. The first-order valence-corrected chi connectivity index (χ1v) is 8.24. The van der Waals surface area contributed by atoms with E-state index >= 15 is 0 Å². The van der Waals surface area contributed by atoms with E-state index in [2.05, 4.69) is 42.2 Å². The number of carbonyl (C=O) groups is 1. The van der Waals surface area contributed by atoms with Crippen LogP contribution in [0.15, 0.2) is 48.5 Å². The second kappa shape index (κ2) is 7.18. The summed E-state index contributed by atoms with van der Waals surface area (Å²) in [5.41, 5.74) is 4.03. The van der Waals surface area contributed by atoms with Crippen molar-refractivity contribution in [3.63, 3.8) is 0 Å². The van der Waals surface area contributed by atoms with Crippen LogP contribution in [0.1, 0.15) is 21.5 Å². The monoisotopic (exact) mass is 319 g/mol. The first-order chi connectivity index (χ1) is 11.7. The Morgan fingerprint density at radius 2 is 1.83 bits per heavy atom. The highest BCUT2D eigenvalue weighted by atomic mass is 16.2. The number of aryl methyl sites for hydroxylation is 1. The molecular weight excluding hydrogens is 298 g/mol. The third-order valence-corrected chi connectivity index (χ3v) is 4.39. The van der Waals surface area contributed by atoms with Crippen LogP contribution in [0.2, 0.25) is 0 Å². The highest BCUT2D eigenvalue weighted by Crippen LogP contribution is 2.19. The van der Waals surface area contributed by atoms with Gasteiger partial charge in [-0.25, -0.2) is 0 Å². The number of hydrogen-bond acceptors (Lipinski definition) is 3. The number of hydrogen-bond donors (Lipinski definition) is 0. The van der Waals surface area contributed by atoms with Crippen molar-refractivity contribution >= 4 is 11.6 Å². The van der Waals surface area contributed by atoms with Crippen LogP contribution in [-0.4, -0.2) is 37.0 Å². The fraction of sp³-hybridized carbons (Fsp3) is 0.300. The van der Waals surface area contributed by atoms with Gasteiger partial charge in [-0.3, -0.25) is 4.79 Å². The van der Waals surface area contributed by atoms with Crippen LogP contribution < -0.4 is 4.90 Å². The zero-order chi connectivity index (χ0) is 16.9. The fourth-order valence-corrected chi connectivity index (χ4v) is 3.08. The van der Waals surface area contributed by atoms with Crippen molar-refractivity contribution in [2.24, 2.45) is 0 Å². The fourth-order valence-electron chi connectivity index (χ4n) is 3.08. The van der Waals surface area contributed by atoms with Crippen LogP contribution in [0.5, 0.6) is 0 Å². The van der Waals surface area contributed by atoms with Crippen LogP contribution in [-0.2, 0) is 6.42 Å². The van der Waals surface area contributed by atoms with E-state index in [4.69, 9.17) is 5.26 Å². The van der Waals surface area contributed by atoms with Gasteiger partial charge in [0.1, 0.15) is 0 Å². The second-order valence-corrected chi connectivity index (χ2v) is 6.15. The molecule has 1 aliphatic heterocycles. The zero-order valence-electron chi connectivity index (χ0n) is 13.9. The van der Waals surface area contributed by atoms with Crippen molar-refractivity contribution in [2.45, 2.75) is 13.3 Å². The van der Waals surface area contributed by atoms with Crippen molar-refractivity contribution in [1.29, 1.82) is 5.26 Å². The number of anilines is 1. The average Bonchev–Trinajstić information content (AvgIpc) is 2.62. The Balaban J connectivity index is 1.65. The van der Waals surface area contributed by atoms with Gasteiger partial charge in [0.25, 0.3) is 5.91 Å². The molecular formula is C20H21N3O. The Kier molecular flexibility index (Phi) is 4.81. The van der Waals surface area contributed by atoms with Crippen LogP contribution >= 0.6 is 0 Å². The molecule has 1 amide bonds. The zero-order valence-corrected chi connectivity index (χ0v) is 13.9. The van der Waals surface area contributed by atoms with Gasteiger partial charge in [0.2, 0.25) is 0 Å². The molecule has 1 fully saturated rings. The molecule has 0 saturated carbocycles. The normalized spacial score (nSPS) is 14.3. The molecule has 0 aliphatic carbocycles. The minimum absolute atomic E-state index is 0.0543.